The fraction of sp³-hybridized carbons (Fsp3) is 0.0741. The predicted octanol–water partition coefficient (Wildman–Crippen LogP) is 6.63. The summed E-state index contributed by atoms with van der Waals surface area (Å²) in [7, 11) is 0. The topological polar surface area (TPSA) is 72.6 Å². The number of allylic oxidation sites excluding steroid dienone is 6. The van der Waals surface area contributed by atoms with E-state index in [2.05, 4.69) is 0 Å². The molecule has 0 heterocycles. The van der Waals surface area contributed by atoms with Crippen LogP contribution in [-0.2, 0) is 6.61 Å². The summed E-state index contributed by atoms with van der Waals surface area (Å²) in [4.78, 5) is 11.6. The Bertz CT molecular complexity index is 1240. The number of hydrogen-bond acceptors (Lipinski definition) is 3. The van der Waals surface area contributed by atoms with Crippen LogP contribution in [0.15, 0.2) is 91.0 Å². The van der Waals surface area contributed by atoms with Crippen LogP contribution in [-0.4, -0.2) is 11.1 Å². The molecule has 3 aromatic carbocycles. The third-order valence-electron chi connectivity index (χ3n) is 5.18. The SMILES string of the molecule is Nc1cc(C(=O)O)cc(C2=C(c3cc(Cl)ccc3OCc3ccccc3)C=CC=CC2)c1. The van der Waals surface area contributed by atoms with Gasteiger partial charge in [0.05, 0.1) is 5.56 Å². The second-order valence-corrected chi connectivity index (χ2v) is 7.88. The molecule has 1 aliphatic carbocycles. The molecule has 0 aromatic heterocycles. The molecule has 0 bridgehead atoms. The quantitative estimate of drug-likeness (QED) is 0.419. The van der Waals surface area contributed by atoms with Gasteiger partial charge in [0, 0.05) is 16.3 Å². The molecule has 0 amide bonds. The molecular weight excluding hydrogens is 422 g/mol. The van der Waals surface area contributed by atoms with Gasteiger partial charge in [-0.1, -0.05) is 66.2 Å². The number of aromatic carboxylic acids is 1. The molecule has 4 rings (SSSR count). The van der Waals surface area contributed by atoms with Crippen LogP contribution in [0, 0.1) is 0 Å². The van der Waals surface area contributed by atoms with Gasteiger partial charge in [0.15, 0.2) is 0 Å². The molecule has 32 heavy (non-hydrogen) atoms. The molecule has 0 spiro atoms. The number of anilines is 1. The number of carbonyl (C=O) groups is 1. The molecule has 0 radical (unpaired) electrons. The van der Waals surface area contributed by atoms with Crippen LogP contribution >= 0.6 is 11.6 Å². The van der Waals surface area contributed by atoms with E-state index in [1.807, 2.05) is 66.8 Å². The fourth-order valence-corrected chi connectivity index (χ4v) is 3.85. The van der Waals surface area contributed by atoms with Crippen molar-refractivity contribution >= 4 is 34.4 Å². The van der Waals surface area contributed by atoms with Gasteiger partial charge in [0.2, 0.25) is 0 Å². The Labute approximate surface area is 191 Å². The maximum Gasteiger partial charge on any atom is 0.335 e. The Morgan fingerprint density at radius 3 is 2.62 bits per heavy atom. The molecule has 0 unspecified atom stereocenters. The Hall–Kier alpha value is -3.76. The molecule has 160 valence electrons. The first-order valence-corrected chi connectivity index (χ1v) is 10.6. The molecule has 5 heteroatoms. The Kier molecular flexibility index (Phi) is 6.43. The first kappa shape index (κ1) is 21.5. The van der Waals surface area contributed by atoms with Crippen molar-refractivity contribution in [1.82, 2.24) is 0 Å². The van der Waals surface area contributed by atoms with E-state index in [-0.39, 0.29) is 5.56 Å². The summed E-state index contributed by atoms with van der Waals surface area (Å²) in [5.74, 6) is -0.324. The van der Waals surface area contributed by atoms with E-state index in [0.717, 1.165) is 27.8 Å². The van der Waals surface area contributed by atoms with E-state index in [9.17, 15) is 9.90 Å². The van der Waals surface area contributed by atoms with Crippen LogP contribution in [0.1, 0.15) is 33.5 Å². The lowest BCUT2D eigenvalue weighted by Gasteiger charge is -2.17. The smallest absolute Gasteiger partial charge is 0.335 e. The lowest BCUT2D eigenvalue weighted by molar-refractivity contribution is 0.0697. The minimum atomic E-state index is -1.02. The number of carboxylic acid groups (broad SMARTS) is 1. The highest BCUT2D eigenvalue weighted by Crippen LogP contribution is 2.38. The van der Waals surface area contributed by atoms with Gasteiger partial charge >= 0.3 is 5.97 Å². The molecule has 3 aromatic rings. The van der Waals surface area contributed by atoms with Crippen LogP contribution in [0.3, 0.4) is 0 Å². The van der Waals surface area contributed by atoms with Gasteiger partial charge in [-0.2, -0.15) is 0 Å². The molecule has 1 aliphatic rings. The van der Waals surface area contributed by atoms with E-state index >= 15 is 0 Å². The lowest BCUT2D eigenvalue weighted by atomic mass is 9.91. The van der Waals surface area contributed by atoms with Crippen LogP contribution in [0.2, 0.25) is 5.02 Å². The van der Waals surface area contributed by atoms with Gasteiger partial charge in [0.25, 0.3) is 0 Å². The van der Waals surface area contributed by atoms with E-state index in [1.165, 1.54) is 6.07 Å². The first-order chi connectivity index (χ1) is 15.5. The van der Waals surface area contributed by atoms with Crippen molar-refractivity contribution in [3.8, 4) is 5.75 Å². The van der Waals surface area contributed by atoms with Crippen LogP contribution in [0.4, 0.5) is 5.69 Å². The average Bonchev–Trinajstić information content (AvgIpc) is 3.04. The maximum atomic E-state index is 11.6. The van der Waals surface area contributed by atoms with E-state index < -0.39 is 5.97 Å². The van der Waals surface area contributed by atoms with Gasteiger partial charge in [-0.25, -0.2) is 4.79 Å². The zero-order valence-corrected chi connectivity index (χ0v) is 18.0. The van der Waals surface area contributed by atoms with Crippen molar-refractivity contribution < 1.29 is 14.6 Å². The highest BCUT2D eigenvalue weighted by Gasteiger charge is 2.17. The van der Waals surface area contributed by atoms with Gasteiger partial charge in [-0.3, -0.25) is 0 Å². The van der Waals surface area contributed by atoms with E-state index in [0.29, 0.717) is 29.5 Å². The maximum absolute atomic E-state index is 11.6. The highest BCUT2D eigenvalue weighted by molar-refractivity contribution is 6.31. The fourth-order valence-electron chi connectivity index (χ4n) is 3.68. The number of ether oxygens (including phenoxy) is 1. The number of hydrogen-bond donors (Lipinski definition) is 2. The zero-order valence-electron chi connectivity index (χ0n) is 17.3. The number of carboxylic acids is 1. The molecule has 0 saturated carbocycles. The number of nitrogen functional groups attached to an aromatic ring is 1. The standard InChI is InChI=1S/C27H22ClNO3/c28-21-11-12-26(32-17-18-7-3-1-4-8-18)25(16-21)24-10-6-2-5-9-23(24)19-13-20(27(30)31)15-22(29)14-19/h1-8,10-16H,9,17,29H2,(H,30,31). The zero-order chi connectivity index (χ0) is 22.5. The van der Waals surface area contributed by atoms with Crippen LogP contribution in [0.5, 0.6) is 5.75 Å². The molecular formula is C27H22ClNO3. The van der Waals surface area contributed by atoms with Crippen LogP contribution in [0.25, 0.3) is 11.1 Å². The summed E-state index contributed by atoms with van der Waals surface area (Å²) in [5, 5.41) is 10.1. The van der Waals surface area contributed by atoms with E-state index in [4.69, 9.17) is 22.1 Å². The van der Waals surface area contributed by atoms with Gasteiger partial charge in [0.1, 0.15) is 12.4 Å². The summed E-state index contributed by atoms with van der Waals surface area (Å²) in [5.41, 5.74) is 11.1. The summed E-state index contributed by atoms with van der Waals surface area (Å²) >= 11 is 6.36. The third-order valence-corrected chi connectivity index (χ3v) is 5.41. The van der Waals surface area contributed by atoms with E-state index in [1.54, 1.807) is 18.2 Å². The lowest BCUT2D eigenvalue weighted by Crippen LogP contribution is -2.02. The van der Waals surface area contributed by atoms with Crippen molar-refractivity contribution in [2.24, 2.45) is 0 Å². The molecule has 3 N–H and O–H groups in total. The molecule has 0 atom stereocenters. The number of benzene rings is 3. The van der Waals surface area contributed by atoms with Crippen LogP contribution < -0.4 is 10.5 Å². The summed E-state index contributed by atoms with van der Waals surface area (Å²) < 4.78 is 6.18. The Morgan fingerprint density at radius 1 is 1.03 bits per heavy atom. The second kappa shape index (κ2) is 9.58. The predicted molar refractivity (Wildman–Crippen MR) is 130 cm³/mol. The second-order valence-electron chi connectivity index (χ2n) is 7.45. The summed E-state index contributed by atoms with van der Waals surface area (Å²) in [6.07, 6.45) is 8.54. The highest BCUT2D eigenvalue weighted by atomic mass is 35.5. The van der Waals surface area contributed by atoms with Crippen molar-refractivity contribution in [3.63, 3.8) is 0 Å². The largest absolute Gasteiger partial charge is 0.488 e. The molecule has 0 aliphatic heterocycles. The molecule has 0 fully saturated rings. The molecule has 0 saturated heterocycles. The van der Waals surface area contributed by atoms with Crippen molar-refractivity contribution in [3.05, 3.63) is 118 Å². The van der Waals surface area contributed by atoms with Gasteiger partial charge < -0.3 is 15.6 Å². The monoisotopic (exact) mass is 443 g/mol. The Balaban J connectivity index is 1.83. The average molecular weight is 444 g/mol. The normalized spacial score (nSPS) is 13.2. The number of rotatable bonds is 6. The summed E-state index contributed by atoms with van der Waals surface area (Å²) in [6, 6.07) is 20.4. The number of halogens is 1. The molecule has 4 nitrogen and oxygen atoms in total. The Morgan fingerprint density at radius 2 is 1.84 bits per heavy atom. The minimum Gasteiger partial charge on any atom is -0.488 e. The van der Waals surface area contributed by atoms with Crippen molar-refractivity contribution in [1.29, 1.82) is 0 Å². The van der Waals surface area contributed by atoms with Gasteiger partial charge in [-0.15, -0.1) is 0 Å². The third kappa shape index (κ3) is 4.93. The first-order valence-electron chi connectivity index (χ1n) is 10.2. The van der Waals surface area contributed by atoms with Crippen molar-refractivity contribution in [2.75, 3.05) is 5.73 Å². The summed E-state index contributed by atoms with van der Waals surface area (Å²) in [6.45, 7) is 0.418. The van der Waals surface area contributed by atoms with Gasteiger partial charge in [-0.05, 0) is 65.1 Å². The van der Waals surface area contributed by atoms with Crippen molar-refractivity contribution in [2.45, 2.75) is 13.0 Å². The number of nitrogens with two attached hydrogens (primary N) is 1. The minimum absolute atomic E-state index is 0.149.